The molecule has 0 unspecified atom stereocenters. The first-order valence-electron chi connectivity index (χ1n) is 6.95. The molecule has 2 aromatic carbocycles. The van der Waals surface area contributed by atoms with Gasteiger partial charge >= 0.3 is 0 Å². The van der Waals surface area contributed by atoms with E-state index < -0.39 is 10.8 Å². The number of non-ortho nitro benzene ring substituents is 1. The molecule has 0 aliphatic heterocycles. The second-order valence-electron chi connectivity index (χ2n) is 5.00. The third-order valence-electron chi connectivity index (χ3n) is 3.18. The molecule has 0 aliphatic rings. The van der Waals surface area contributed by atoms with E-state index in [9.17, 15) is 19.7 Å². The molecule has 0 atom stereocenters. The molecule has 8 heteroatoms. The maximum atomic E-state index is 12.0. The van der Waals surface area contributed by atoms with Gasteiger partial charge in [0.05, 0.1) is 11.5 Å². The van der Waals surface area contributed by atoms with Crippen LogP contribution < -0.4 is 10.6 Å². The Kier molecular flexibility index (Phi) is 5.85. The van der Waals surface area contributed by atoms with Gasteiger partial charge in [-0.05, 0) is 53.3 Å². The van der Waals surface area contributed by atoms with Gasteiger partial charge in [-0.3, -0.25) is 19.7 Å². The van der Waals surface area contributed by atoms with Crippen LogP contribution in [0.15, 0.2) is 42.5 Å². The summed E-state index contributed by atoms with van der Waals surface area (Å²) in [5.74, 6) is -0.930. The van der Waals surface area contributed by atoms with Crippen LogP contribution in [0, 0.1) is 20.6 Å². The van der Waals surface area contributed by atoms with E-state index in [1.54, 1.807) is 6.07 Å². The monoisotopic (exact) mass is 439 g/mol. The third-order valence-corrected chi connectivity index (χ3v) is 4.35. The number of amides is 2. The van der Waals surface area contributed by atoms with Gasteiger partial charge in [0.2, 0.25) is 5.91 Å². The van der Waals surface area contributed by atoms with E-state index in [0.29, 0.717) is 5.69 Å². The first kappa shape index (κ1) is 17.9. The Hall–Kier alpha value is -2.49. The van der Waals surface area contributed by atoms with Crippen molar-refractivity contribution in [1.29, 1.82) is 0 Å². The summed E-state index contributed by atoms with van der Waals surface area (Å²) in [4.78, 5) is 34.0. The molecular weight excluding hydrogens is 425 g/mol. The van der Waals surface area contributed by atoms with Crippen LogP contribution in [0.1, 0.15) is 15.9 Å². The van der Waals surface area contributed by atoms with Gasteiger partial charge in [0, 0.05) is 27.0 Å². The summed E-state index contributed by atoms with van der Waals surface area (Å²) in [5, 5.41) is 15.8. The lowest BCUT2D eigenvalue weighted by molar-refractivity contribution is -0.384. The predicted octanol–water partition coefficient (Wildman–Crippen LogP) is 2.88. The maximum absolute atomic E-state index is 12.0. The molecular formula is C16H14IN3O4. The second-order valence-corrected chi connectivity index (χ2v) is 6.16. The Bertz CT molecular complexity index is 808. The predicted molar refractivity (Wildman–Crippen MR) is 98.0 cm³/mol. The van der Waals surface area contributed by atoms with Gasteiger partial charge in [-0.25, -0.2) is 0 Å². The number of anilines is 1. The highest BCUT2D eigenvalue weighted by Gasteiger charge is 2.12. The van der Waals surface area contributed by atoms with Crippen molar-refractivity contribution in [3.8, 4) is 0 Å². The number of carbonyl (C=O) groups excluding carboxylic acids is 2. The highest BCUT2D eigenvalue weighted by atomic mass is 127. The van der Waals surface area contributed by atoms with Crippen molar-refractivity contribution in [2.24, 2.45) is 0 Å². The number of aryl methyl sites for hydroxylation is 1. The Balaban J connectivity index is 1.93. The molecule has 0 saturated heterocycles. The minimum Gasteiger partial charge on any atom is -0.343 e. The zero-order valence-electron chi connectivity index (χ0n) is 12.7. The van der Waals surface area contributed by atoms with Crippen LogP contribution in [0.25, 0.3) is 0 Å². The number of carbonyl (C=O) groups is 2. The van der Waals surface area contributed by atoms with E-state index in [1.165, 1.54) is 18.2 Å². The van der Waals surface area contributed by atoms with Gasteiger partial charge in [-0.1, -0.05) is 12.1 Å². The number of hydrogen-bond acceptors (Lipinski definition) is 4. The summed E-state index contributed by atoms with van der Waals surface area (Å²) in [6.07, 6.45) is 0. The van der Waals surface area contributed by atoms with Crippen LogP contribution in [0.2, 0.25) is 0 Å². The van der Waals surface area contributed by atoms with Gasteiger partial charge in [0.25, 0.3) is 11.6 Å². The number of hydrogen-bond donors (Lipinski definition) is 2. The minimum atomic E-state index is -0.581. The van der Waals surface area contributed by atoms with Crippen molar-refractivity contribution in [1.82, 2.24) is 5.32 Å². The van der Waals surface area contributed by atoms with Gasteiger partial charge in [0.1, 0.15) is 0 Å². The highest BCUT2D eigenvalue weighted by Crippen LogP contribution is 2.17. The quantitative estimate of drug-likeness (QED) is 0.425. The lowest BCUT2D eigenvalue weighted by Crippen LogP contribution is -2.32. The zero-order chi connectivity index (χ0) is 17.7. The van der Waals surface area contributed by atoms with E-state index in [4.69, 9.17) is 0 Å². The molecule has 0 bridgehead atoms. The van der Waals surface area contributed by atoms with Crippen LogP contribution in [-0.2, 0) is 4.79 Å². The number of halogens is 1. The molecule has 2 amide bonds. The highest BCUT2D eigenvalue weighted by molar-refractivity contribution is 14.1. The van der Waals surface area contributed by atoms with E-state index >= 15 is 0 Å². The minimum absolute atomic E-state index is 0.127. The Morgan fingerprint density at radius 1 is 1.21 bits per heavy atom. The molecule has 0 fully saturated rings. The van der Waals surface area contributed by atoms with Gasteiger partial charge < -0.3 is 10.6 Å². The van der Waals surface area contributed by atoms with Crippen molar-refractivity contribution in [3.05, 3.63) is 67.3 Å². The SMILES string of the molecule is Cc1ccc(NC(=O)CNC(=O)c2cccc([N+](=O)[O-])c2)cc1I. The molecule has 0 spiro atoms. The zero-order valence-corrected chi connectivity index (χ0v) is 14.9. The van der Waals surface area contributed by atoms with Crippen LogP contribution in [0.4, 0.5) is 11.4 Å². The second kappa shape index (κ2) is 7.86. The number of nitrogens with zero attached hydrogens (tertiary/aromatic N) is 1. The molecule has 0 radical (unpaired) electrons. The summed E-state index contributed by atoms with van der Waals surface area (Å²) < 4.78 is 1.02. The average Bonchev–Trinajstić information content (AvgIpc) is 2.56. The number of nitrogens with one attached hydrogen (secondary N) is 2. The number of nitro benzene ring substituents is 1. The first-order valence-corrected chi connectivity index (χ1v) is 8.03. The van der Waals surface area contributed by atoms with Crippen molar-refractivity contribution >= 4 is 45.8 Å². The third kappa shape index (κ3) is 4.75. The summed E-state index contributed by atoms with van der Waals surface area (Å²) in [6.45, 7) is 1.73. The molecule has 0 heterocycles. The van der Waals surface area contributed by atoms with Crippen molar-refractivity contribution in [2.45, 2.75) is 6.92 Å². The number of benzene rings is 2. The largest absolute Gasteiger partial charge is 0.343 e. The molecule has 7 nitrogen and oxygen atoms in total. The van der Waals surface area contributed by atoms with Crippen molar-refractivity contribution in [2.75, 3.05) is 11.9 Å². The number of nitro groups is 1. The topological polar surface area (TPSA) is 101 Å². The van der Waals surface area contributed by atoms with Gasteiger partial charge in [-0.15, -0.1) is 0 Å². The summed E-state index contributed by atoms with van der Waals surface area (Å²) in [5.41, 5.74) is 1.69. The summed E-state index contributed by atoms with van der Waals surface area (Å²) in [6, 6.07) is 10.8. The lowest BCUT2D eigenvalue weighted by Gasteiger charge is -2.08. The average molecular weight is 439 g/mol. The molecule has 0 saturated carbocycles. The van der Waals surface area contributed by atoms with E-state index in [0.717, 1.165) is 15.2 Å². The maximum Gasteiger partial charge on any atom is 0.270 e. The lowest BCUT2D eigenvalue weighted by atomic mass is 10.2. The number of rotatable bonds is 5. The molecule has 124 valence electrons. The van der Waals surface area contributed by atoms with Gasteiger partial charge in [0.15, 0.2) is 0 Å². The Morgan fingerprint density at radius 2 is 1.96 bits per heavy atom. The smallest absolute Gasteiger partial charge is 0.270 e. The van der Waals surface area contributed by atoms with E-state index in [-0.39, 0.29) is 23.7 Å². The van der Waals surface area contributed by atoms with Crippen molar-refractivity contribution < 1.29 is 14.5 Å². The standard InChI is InChI=1S/C16H14IN3O4/c1-10-5-6-12(8-14(10)17)19-15(21)9-18-16(22)11-3-2-4-13(7-11)20(23)24/h2-8H,9H2,1H3,(H,18,22)(H,19,21). The molecule has 24 heavy (non-hydrogen) atoms. The summed E-state index contributed by atoms with van der Waals surface area (Å²) in [7, 11) is 0. The van der Waals surface area contributed by atoms with E-state index in [2.05, 4.69) is 33.2 Å². The fourth-order valence-electron chi connectivity index (χ4n) is 1.90. The van der Waals surface area contributed by atoms with Gasteiger partial charge in [-0.2, -0.15) is 0 Å². The molecule has 0 aromatic heterocycles. The Labute approximate surface area is 151 Å². The van der Waals surface area contributed by atoms with Crippen LogP contribution in [0.5, 0.6) is 0 Å². The molecule has 2 aromatic rings. The first-order chi connectivity index (χ1) is 11.4. The molecule has 0 aliphatic carbocycles. The summed E-state index contributed by atoms with van der Waals surface area (Å²) >= 11 is 2.17. The Morgan fingerprint density at radius 3 is 2.62 bits per heavy atom. The normalized spacial score (nSPS) is 10.1. The van der Waals surface area contributed by atoms with Crippen LogP contribution in [-0.4, -0.2) is 23.3 Å². The van der Waals surface area contributed by atoms with Crippen LogP contribution >= 0.6 is 22.6 Å². The van der Waals surface area contributed by atoms with Crippen molar-refractivity contribution in [3.63, 3.8) is 0 Å². The fourth-order valence-corrected chi connectivity index (χ4v) is 2.41. The molecule has 2 rings (SSSR count). The molecule has 2 N–H and O–H groups in total. The van der Waals surface area contributed by atoms with Crippen LogP contribution in [0.3, 0.4) is 0 Å². The fraction of sp³-hybridized carbons (Fsp3) is 0.125. The van der Waals surface area contributed by atoms with E-state index in [1.807, 2.05) is 19.1 Å².